The van der Waals surface area contributed by atoms with Crippen molar-refractivity contribution in [1.29, 1.82) is 0 Å². The van der Waals surface area contributed by atoms with E-state index in [9.17, 15) is 4.79 Å². The molecule has 0 saturated carbocycles. The number of anilines is 2. The van der Waals surface area contributed by atoms with Crippen LogP contribution in [0, 0.1) is 6.92 Å². The molecule has 162 valence electrons. The monoisotopic (exact) mass is 437 g/mol. The number of carbonyl (C=O) groups excluding carboxylic acids is 1. The molecule has 1 fully saturated rings. The van der Waals surface area contributed by atoms with Crippen molar-refractivity contribution < 1.29 is 9.53 Å². The number of hydrogen-bond donors (Lipinski definition) is 3. The topological polar surface area (TPSA) is 92.5 Å². The zero-order chi connectivity index (χ0) is 21.5. The Morgan fingerprint density at radius 1 is 1.29 bits per heavy atom. The van der Waals surface area contributed by atoms with E-state index in [1.807, 2.05) is 19.1 Å². The van der Waals surface area contributed by atoms with E-state index in [0.29, 0.717) is 17.2 Å². The minimum Gasteiger partial charge on any atom is -0.491 e. The largest absolute Gasteiger partial charge is 0.491 e. The number of nitrogens with zero attached hydrogens (tertiary/aromatic N) is 2. The number of ether oxygens (including phenoxy) is 1. The molecule has 4 heterocycles. The van der Waals surface area contributed by atoms with Crippen molar-refractivity contribution in [2.24, 2.45) is 0 Å². The van der Waals surface area contributed by atoms with E-state index in [1.165, 1.54) is 17.0 Å². The van der Waals surface area contributed by atoms with Crippen LogP contribution < -0.4 is 26.0 Å². The van der Waals surface area contributed by atoms with Crippen molar-refractivity contribution >= 4 is 38.8 Å². The summed E-state index contributed by atoms with van der Waals surface area (Å²) in [5.74, 6) is 0.885. The molecule has 0 spiro atoms. The smallest absolute Gasteiger partial charge is 0.263 e. The van der Waals surface area contributed by atoms with Gasteiger partial charge < -0.3 is 26.0 Å². The molecule has 0 bridgehead atoms. The summed E-state index contributed by atoms with van der Waals surface area (Å²) in [5.41, 5.74) is 9.98. The van der Waals surface area contributed by atoms with Crippen LogP contribution in [0.5, 0.6) is 5.75 Å². The van der Waals surface area contributed by atoms with Crippen LogP contribution in [0.25, 0.3) is 10.2 Å². The van der Waals surface area contributed by atoms with Crippen LogP contribution in [0.3, 0.4) is 0 Å². The Morgan fingerprint density at radius 2 is 2.10 bits per heavy atom. The van der Waals surface area contributed by atoms with E-state index in [2.05, 4.69) is 45.6 Å². The molecule has 4 N–H and O–H groups in total. The van der Waals surface area contributed by atoms with Crippen LogP contribution in [0.1, 0.15) is 33.8 Å². The van der Waals surface area contributed by atoms with Gasteiger partial charge in [0.05, 0.1) is 11.7 Å². The zero-order valence-corrected chi connectivity index (χ0v) is 18.6. The van der Waals surface area contributed by atoms with E-state index in [0.717, 1.165) is 53.4 Å². The number of nitrogen functional groups attached to an aromatic ring is 1. The van der Waals surface area contributed by atoms with Crippen molar-refractivity contribution in [3.8, 4) is 5.75 Å². The van der Waals surface area contributed by atoms with Crippen LogP contribution in [-0.2, 0) is 0 Å². The van der Waals surface area contributed by atoms with Gasteiger partial charge in [-0.25, -0.2) is 4.98 Å². The van der Waals surface area contributed by atoms with Gasteiger partial charge in [0.15, 0.2) is 0 Å². The SMILES string of the molecule is Cc1ccc2c(N)c(C(=O)N[C@@H]3COc4cc(N5CCNCC5)ccc4[C@H]3C)sc2n1. The van der Waals surface area contributed by atoms with Gasteiger partial charge in [-0.1, -0.05) is 13.0 Å². The number of pyridine rings is 1. The molecule has 0 unspecified atom stereocenters. The molecule has 8 heteroatoms. The van der Waals surface area contributed by atoms with Gasteiger partial charge in [0.25, 0.3) is 5.91 Å². The van der Waals surface area contributed by atoms with Crippen LogP contribution in [0.2, 0.25) is 0 Å². The number of hydrogen-bond acceptors (Lipinski definition) is 7. The number of amides is 1. The quantitative estimate of drug-likeness (QED) is 0.584. The average molecular weight is 438 g/mol. The van der Waals surface area contributed by atoms with Crippen LogP contribution in [0.15, 0.2) is 30.3 Å². The molecule has 2 atom stereocenters. The molecular weight excluding hydrogens is 410 g/mol. The van der Waals surface area contributed by atoms with Crippen molar-refractivity contribution in [2.75, 3.05) is 43.4 Å². The molecule has 7 nitrogen and oxygen atoms in total. The van der Waals surface area contributed by atoms with Gasteiger partial charge in [-0.3, -0.25) is 4.79 Å². The normalized spacial score (nSPS) is 20.9. The highest BCUT2D eigenvalue weighted by atomic mass is 32.1. The molecule has 1 amide bonds. The lowest BCUT2D eigenvalue weighted by atomic mass is 9.90. The number of nitrogens with one attached hydrogen (secondary N) is 2. The van der Waals surface area contributed by atoms with E-state index in [-0.39, 0.29) is 17.9 Å². The lowest BCUT2D eigenvalue weighted by Crippen LogP contribution is -2.45. The number of carbonyl (C=O) groups is 1. The lowest BCUT2D eigenvalue weighted by molar-refractivity contribution is 0.0909. The summed E-state index contributed by atoms with van der Waals surface area (Å²) in [7, 11) is 0. The van der Waals surface area contributed by atoms with Gasteiger partial charge in [-0.2, -0.15) is 0 Å². The van der Waals surface area contributed by atoms with Crippen LogP contribution >= 0.6 is 11.3 Å². The zero-order valence-electron chi connectivity index (χ0n) is 17.8. The molecule has 31 heavy (non-hydrogen) atoms. The Labute approximate surface area is 185 Å². The van der Waals surface area contributed by atoms with Crippen molar-refractivity contribution in [3.63, 3.8) is 0 Å². The van der Waals surface area contributed by atoms with E-state index in [1.54, 1.807) is 0 Å². The number of piperazine rings is 1. The number of thiophene rings is 1. The Kier molecular flexibility index (Phi) is 5.19. The summed E-state index contributed by atoms with van der Waals surface area (Å²) in [5, 5.41) is 7.35. The average Bonchev–Trinajstić information content (AvgIpc) is 3.11. The van der Waals surface area contributed by atoms with E-state index >= 15 is 0 Å². The van der Waals surface area contributed by atoms with Crippen LogP contribution in [-0.4, -0.2) is 49.7 Å². The van der Waals surface area contributed by atoms with Gasteiger partial charge in [-0.15, -0.1) is 11.3 Å². The highest BCUT2D eigenvalue weighted by Gasteiger charge is 2.31. The maximum absolute atomic E-state index is 13.0. The van der Waals surface area contributed by atoms with Gasteiger partial charge in [-0.05, 0) is 30.7 Å². The standard InChI is InChI=1S/C23H27N5O2S/c1-13-3-5-17-20(24)21(31-23(17)26-13)22(29)27-18-12-30-19-11-15(4-6-16(19)14(18)2)28-9-7-25-8-10-28/h3-6,11,14,18,25H,7-10,12,24H2,1-2H3,(H,27,29)/t14-,18-/m1/s1. The van der Waals surface area contributed by atoms with E-state index < -0.39 is 0 Å². The van der Waals surface area contributed by atoms with Crippen LogP contribution in [0.4, 0.5) is 11.4 Å². The Hall–Kier alpha value is -2.84. The second-order valence-corrected chi connectivity index (χ2v) is 9.29. The fourth-order valence-corrected chi connectivity index (χ4v) is 5.39. The third-order valence-corrected chi connectivity index (χ3v) is 7.36. The second kappa shape index (κ2) is 8.01. The molecule has 0 radical (unpaired) electrons. The molecule has 3 aromatic rings. The van der Waals surface area contributed by atoms with Crippen molar-refractivity contribution in [1.82, 2.24) is 15.6 Å². The van der Waals surface area contributed by atoms with E-state index in [4.69, 9.17) is 10.5 Å². The van der Waals surface area contributed by atoms with Gasteiger partial charge in [0.2, 0.25) is 0 Å². The summed E-state index contributed by atoms with van der Waals surface area (Å²) in [6, 6.07) is 10.1. The summed E-state index contributed by atoms with van der Waals surface area (Å²) in [4.78, 5) is 21.2. The molecule has 2 aromatic heterocycles. The fourth-order valence-electron chi connectivity index (χ4n) is 4.34. The first-order valence-electron chi connectivity index (χ1n) is 10.7. The Balaban J connectivity index is 1.34. The minimum atomic E-state index is -0.167. The molecule has 0 aliphatic carbocycles. The van der Waals surface area contributed by atoms with Gasteiger partial charge >= 0.3 is 0 Å². The first kappa shape index (κ1) is 20.1. The molecule has 2 aliphatic heterocycles. The number of benzene rings is 1. The number of nitrogens with two attached hydrogens (primary N) is 1. The second-order valence-electron chi connectivity index (χ2n) is 8.29. The Morgan fingerprint density at radius 3 is 2.90 bits per heavy atom. The number of aromatic nitrogens is 1. The third kappa shape index (κ3) is 3.70. The Bertz CT molecular complexity index is 1140. The highest BCUT2D eigenvalue weighted by molar-refractivity contribution is 7.21. The fraction of sp³-hybridized carbons (Fsp3) is 0.391. The first-order chi connectivity index (χ1) is 15.0. The maximum Gasteiger partial charge on any atom is 0.263 e. The van der Waals surface area contributed by atoms with Gasteiger partial charge in [0.1, 0.15) is 22.1 Å². The molecule has 1 aromatic carbocycles. The summed E-state index contributed by atoms with van der Waals surface area (Å²) in [6.45, 7) is 8.50. The maximum atomic E-state index is 13.0. The molecular formula is C23H27N5O2S. The predicted octanol–water partition coefficient (Wildman–Crippen LogP) is 2.89. The van der Waals surface area contributed by atoms with Crippen molar-refractivity contribution in [2.45, 2.75) is 25.8 Å². The predicted molar refractivity (Wildman–Crippen MR) is 125 cm³/mol. The summed E-state index contributed by atoms with van der Waals surface area (Å²) >= 11 is 1.34. The molecule has 5 rings (SSSR count). The van der Waals surface area contributed by atoms with Gasteiger partial charge in [0, 0.05) is 54.9 Å². The molecule has 2 aliphatic rings. The first-order valence-corrected chi connectivity index (χ1v) is 11.5. The number of rotatable bonds is 3. The van der Waals surface area contributed by atoms with Crippen molar-refractivity contribution in [3.05, 3.63) is 46.5 Å². The third-order valence-electron chi connectivity index (χ3n) is 6.25. The minimum absolute atomic E-state index is 0.121. The summed E-state index contributed by atoms with van der Waals surface area (Å²) in [6.07, 6.45) is 0. The molecule has 1 saturated heterocycles. The summed E-state index contributed by atoms with van der Waals surface area (Å²) < 4.78 is 6.08. The highest BCUT2D eigenvalue weighted by Crippen LogP contribution is 2.37. The number of aryl methyl sites for hydroxylation is 1. The number of fused-ring (bicyclic) bond motifs is 2. The lowest BCUT2D eigenvalue weighted by Gasteiger charge is -2.34.